The second-order valence-corrected chi connectivity index (χ2v) is 10.1. The summed E-state index contributed by atoms with van der Waals surface area (Å²) in [5.41, 5.74) is -1.14. The van der Waals surface area contributed by atoms with E-state index >= 15 is 0 Å². The van der Waals surface area contributed by atoms with Gasteiger partial charge < -0.3 is 9.64 Å². The van der Waals surface area contributed by atoms with Crippen LogP contribution in [0.15, 0.2) is 18.2 Å². The monoisotopic (exact) mass is 500 g/mol. The Balaban J connectivity index is 1.31. The largest absolute Gasteiger partial charge is 0.419 e. The fraction of sp³-hybridized carbons (Fsp3) is 0.741. The van der Waals surface area contributed by atoms with Crippen LogP contribution in [0.5, 0.6) is 0 Å². The van der Waals surface area contributed by atoms with Gasteiger partial charge in [0.1, 0.15) is 6.61 Å². The molecule has 2 fully saturated rings. The van der Waals surface area contributed by atoms with Crippen molar-refractivity contribution in [1.82, 2.24) is 4.90 Å². The molecule has 0 N–H and O–H groups in total. The van der Waals surface area contributed by atoms with Gasteiger partial charge in [0, 0.05) is 39.2 Å². The predicted molar refractivity (Wildman–Crippen MR) is 130 cm³/mol. The van der Waals surface area contributed by atoms with Gasteiger partial charge >= 0.3 is 6.18 Å². The van der Waals surface area contributed by atoms with Crippen LogP contribution in [0.2, 0.25) is 0 Å². The van der Waals surface area contributed by atoms with Gasteiger partial charge in [0.15, 0.2) is 11.6 Å². The van der Waals surface area contributed by atoms with Gasteiger partial charge in [0.05, 0.1) is 11.3 Å². The molecule has 0 amide bonds. The number of anilines is 1. The fourth-order valence-corrected chi connectivity index (χ4v) is 5.36. The number of carbonyl (C=O) groups is 1. The third-order valence-electron chi connectivity index (χ3n) is 7.50. The number of benzene rings is 1. The lowest BCUT2D eigenvalue weighted by atomic mass is 9.78. The molecule has 8 heteroatoms. The minimum Gasteiger partial charge on any atom is -0.374 e. The van der Waals surface area contributed by atoms with E-state index in [9.17, 15) is 22.4 Å². The van der Waals surface area contributed by atoms with E-state index in [2.05, 4.69) is 4.90 Å². The van der Waals surface area contributed by atoms with Gasteiger partial charge in [-0.3, -0.25) is 9.69 Å². The number of alkyl halides is 3. The molecule has 1 aliphatic carbocycles. The summed E-state index contributed by atoms with van der Waals surface area (Å²) in [6, 6.07) is 3.52. The number of hydrogen-bond acceptors (Lipinski definition) is 4. The Kier molecular flexibility index (Phi) is 10.8. The molecule has 0 spiro atoms. The molecule has 0 atom stereocenters. The zero-order valence-corrected chi connectivity index (χ0v) is 20.9. The number of nitrogens with zero attached hydrogens (tertiary/aromatic N) is 2. The molecule has 1 saturated carbocycles. The lowest BCUT2D eigenvalue weighted by Gasteiger charge is -2.37. The third kappa shape index (κ3) is 8.74. The van der Waals surface area contributed by atoms with Crippen molar-refractivity contribution >= 4 is 11.5 Å². The quantitative estimate of drug-likeness (QED) is 0.248. The van der Waals surface area contributed by atoms with Crippen LogP contribution in [0.1, 0.15) is 70.3 Å². The lowest BCUT2D eigenvalue weighted by Crippen LogP contribution is -2.47. The molecule has 1 heterocycles. The van der Waals surface area contributed by atoms with Gasteiger partial charge in [-0.15, -0.1) is 0 Å². The zero-order chi connectivity index (χ0) is 25.3. The molecule has 0 radical (unpaired) electrons. The number of halogens is 4. The summed E-state index contributed by atoms with van der Waals surface area (Å²) < 4.78 is 58.8. The molecule has 35 heavy (non-hydrogen) atoms. The van der Waals surface area contributed by atoms with Gasteiger partial charge in [-0.2, -0.15) is 13.2 Å². The molecule has 1 saturated heterocycles. The topological polar surface area (TPSA) is 32.8 Å². The Morgan fingerprint density at radius 2 is 1.69 bits per heavy atom. The van der Waals surface area contributed by atoms with E-state index in [1.54, 1.807) is 4.90 Å². The molecule has 198 valence electrons. The van der Waals surface area contributed by atoms with Crippen molar-refractivity contribution in [3.63, 3.8) is 0 Å². The minimum atomic E-state index is -4.68. The summed E-state index contributed by atoms with van der Waals surface area (Å²) in [4.78, 5) is 15.9. The first-order valence-corrected chi connectivity index (χ1v) is 13.2. The van der Waals surface area contributed by atoms with E-state index in [1.807, 2.05) is 6.92 Å². The summed E-state index contributed by atoms with van der Waals surface area (Å²) in [5.74, 6) is 0.484. The smallest absolute Gasteiger partial charge is 0.374 e. The summed E-state index contributed by atoms with van der Waals surface area (Å²) in [6.07, 6.45) is 5.02. The molecule has 1 aromatic carbocycles. The summed E-state index contributed by atoms with van der Waals surface area (Å²) in [6.45, 7) is 6.47. The van der Waals surface area contributed by atoms with Crippen LogP contribution < -0.4 is 4.90 Å². The number of hydrogen-bond donors (Lipinski definition) is 0. The molecule has 3 rings (SSSR count). The maximum Gasteiger partial charge on any atom is 0.419 e. The van der Waals surface area contributed by atoms with Crippen molar-refractivity contribution in [2.45, 2.75) is 70.9 Å². The standard InChI is InChI=1S/C27H40F4N2O2/c1-2-19-35-20-23(34)6-3-5-21-9-11-22(12-10-21)13-14-32-15-17-33(18-16-32)25-8-4-7-24(26(25)28)27(29,30)31/h4,7-8,21-22H,2-3,5-6,9-20H2,1H3. The molecule has 1 aliphatic heterocycles. The number of Topliss-reactive ketones (excluding diaryl/α,β-unsaturated/α-hetero) is 1. The lowest BCUT2D eigenvalue weighted by molar-refractivity contribution is -0.139. The molecular weight excluding hydrogens is 460 g/mol. The summed E-state index contributed by atoms with van der Waals surface area (Å²) in [5, 5.41) is 0. The molecule has 2 aliphatic rings. The van der Waals surface area contributed by atoms with E-state index in [0.29, 0.717) is 32.0 Å². The normalized spacial score (nSPS) is 21.9. The average molecular weight is 501 g/mol. The van der Waals surface area contributed by atoms with Gasteiger partial charge in [-0.05, 0) is 49.8 Å². The van der Waals surface area contributed by atoms with E-state index in [0.717, 1.165) is 57.3 Å². The predicted octanol–water partition coefficient (Wildman–Crippen LogP) is 6.33. The highest BCUT2D eigenvalue weighted by atomic mass is 19.4. The molecule has 0 aromatic heterocycles. The number of ketones is 1. The fourth-order valence-electron chi connectivity index (χ4n) is 5.36. The highest BCUT2D eigenvalue weighted by Crippen LogP contribution is 2.36. The van der Waals surface area contributed by atoms with Gasteiger partial charge in [-0.1, -0.05) is 45.1 Å². The van der Waals surface area contributed by atoms with E-state index in [-0.39, 0.29) is 18.1 Å². The summed E-state index contributed by atoms with van der Waals surface area (Å²) in [7, 11) is 0. The number of rotatable bonds is 12. The third-order valence-corrected chi connectivity index (χ3v) is 7.50. The van der Waals surface area contributed by atoms with Crippen LogP contribution in [0, 0.1) is 17.7 Å². The van der Waals surface area contributed by atoms with Gasteiger partial charge in [-0.25, -0.2) is 4.39 Å². The SMILES string of the molecule is CCCOCC(=O)CCCC1CCC(CCN2CCN(c3cccc(C(F)(F)F)c3F)CC2)CC1. The average Bonchev–Trinajstić information content (AvgIpc) is 2.83. The summed E-state index contributed by atoms with van der Waals surface area (Å²) >= 11 is 0. The van der Waals surface area contributed by atoms with Crippen molar-refractivity contribution in [3.05, 3.63) is 29.6 Å². The van der Waals surface area contributed by atoms with Crippen LogP contribution in [0.25, 0.3) is 0 Å². The van der Waals surface area contributed by atoms with E-state index in [1.165, 1.54) is 37.8 Å². The first-order chi connectivity index (χ1) is 16.8. The number of piperazine rings is 1. The Morgan fingerprint density at radius 3 is 2.31 bits per heavy atom. The molecule has 1 aromatic rings. The molecule has 4 nitrogen and oxygen atoms in total. The molecule has 0 unspecified atom stereocenters. The van der Waals surface area contributed by atoms with Crippen LogP contribution in [0.4, 0.5) is 23.2 Å². The zero-order valence-electron chi connectivity index (χ0n) is 20.9. The Labute approximate surface area is 207 Å². The Bertz CT molecular complexity index is 786. The van der Waals surface area contributed by atoms with Crippen LogP contribution >= 0.6 is 0 Å². The van der Waals surface area contributed by atoms with Crippen LogP contribution in [-0.2, 0) is 15.7 Å². The van der Waals surface area contributed by atoms with Crippen molar-refractivity contribution < 1.29 is 27.1 Å². The van der Waals surface area contributed by atoms with E-state index < -0.39 is 17.6 Å². The first kappa shape index (κ1) is 27.9. The van der Waals surface area contributed by atoms with Crippen LogP contribution in [0.3, 0.4) is 0 Å². The van der Waals surface area contributed by atoms with Crippen molar-refractivity contribution in [3.8, 4) is 0 Å². The first-order valence-electron chi connectivity index (χ1n) is 13.2. The number of carbonyl (C=O) groups excluding carboxylic acids is 1. The Morgan fingerprint density at radius 1 is 1.03 bits per heavy atom. The number of ether oxygens (including phenoxy) is 1. The van der Waals surface area contributed by atoms with Crippen molar-refractivity contribution in [2.24, 2.45) is 11.8 Å². The van der Waals surface area contributed by atoms with Gasteiger partial charge in [0.25, 0.3) is 0 Å². The highest BCUT2D eigenvalue weighted by Gasteiger charge is 2.36. The highest BCUT2D eigenvalue weighted by molar-refractivity contribution is 5.79. The van der Waals surface area contributed by atoms with Gasteiger partial charge in [0.2, 0.25) is 0 Å². The van der Waals surface area contributed by atoms with E-state index in [4.69, 9.17) is 4.74 Å². The second kappa shape index (κ2) is 13.6. The maximum absolute atomic E-state index is 14.5. The van der Waals surface area contributed by atoms with Crippen LogP contribution in [-0.4, -0.2) is 56.6 Å². The molecular formula is C27H40F4N2O2. The maximum atomic E-state index is 14.5. The second-order valence-electron chi connectivity index (χ2n) is 10.1. The van der Waals surface area contributed by atoms with Crippen molar-refractivity contribution in [1.29, 1.82) is 0 Å². The van der Waals surface area contributed by atoms with Crippen molar-refractivity contribution in [2.75, 3.05) is 50.8 Å². The Hall–Kier alpha value is -1.67. The minimum absolute atomic E-state index is 0.0491. The molecule has 0 bridgehead atoms.